The third-order valence-corrected chi connectivity index (χ3v) is 2.28. The number of rotatable bonds is 5. The summed E-state index contributed by atoms with van der Waals surface area (Å²) in [6.07, 6.45) is 0. The number of hydrogen-bond acceptors (Lipinski definition) is 2. The molecule has 1 amide bonds. The Labute approximate surface area is 101 Å². The first-order valence-electron chi connectivity index (χ1n) is 5.86. The van der Waals surface area contributed by atoms with Crippen molar-refractivity contribution in [1.29, 1.82) is 0 Å². The smallest absolute Gasteiger partial charge is 0.253 e. The molecule has 0 spiro atoms. The number of halogens is 1. The summed E-state index contributed by atoms with van der Waals surface area (Å²) in [6.45, 7) is 7.04. The van der Waals surface area contributed by atoms with Gasteiger partial charge in [-0.25, -0.2) is 4.39 Å². The van der Waals surface area contributed by atoms with Crippen LogP contribution in [-0.2, 0) is 0 Å². The van der Waals surface area contributed by atoms with Crippen LogP contribution in [0.15, 0.2) is 18.2 Å². The van der Waals surface area contributed by atoms with Crippen LogP contribution in [-0.4, -0.2) is 19.0 Å². The Morgan fingerprint density at radius 2 is 2.12 bits per heavy atom. The predicted octanol–water partition coefficient (Wildman–Crippen LogP) is 2.64. The highest BCUT2D eigenvalue weighted by Gasteiger charge is 2.14. The van der Waals surface area contributed by atoms with Crippen molar-refractivity contribution in [3.63, 3.8) is 0 Å². The Morgan fingerprint density at radius 1 is 1.41 bits per heavy atom. The Hall–Kier alpha value is -1.58. The lowest BCUT2D eigenvalue weighted by molar-refractivity contribution is 0.0949. The van der Waals surface area contributed by atoms with Crippen molar-refractivity contribution in [3.8, 4) is 0 Å². The van der Waals surface area contributed by atoms with Gasteiger partial charge in [-0.15, -0.1) is 0 Å². The molecule has 1 rings (SSSR count). The van der Waals surface area contributed by atoms with Crippen LogP contribution in [0.2, 0.25) is 0 Å². The topological polar surface area (TPSA) is 41.1 Å². The minimum Gasteiger partial charge on any atom is -0.382 e. The molecule has 0 bridgehead atoms. The van der Waals surface area contributed by atoms with E-state index in [-0.39, 0.29) is 11.6 Å². The van der Waals surface area contributed by atoms with Gasteiger partial charge in [-0.1, -0.05) is 19.9 Å². The highest BCUT2D eigenvalue weighted by molar-refractivity contribution is 5.99. The molecule has 0 atom stereocenters. The molecule has 17 heavy (non-hydrogen) atoms. The van der Waals surface area contributed by atoms with Crippen molar-refractivity contribution in [1.82, 2.24) is 5.32 Å². The van der Waals surface area contributed by atoms with Gasteiger partial charge in [0, 0.05) is 13.1 Å². The molecule has 0 saturated heterocycles. The monoisotopic (exact) mass is 238 g/mol. The molecule has 94 valence electrons. The van der Waals surface area contributed by atoms with Gasteiger partial charge >= 0.3 is 0 Å². The average molecular weight is 238 g/mol. The second-order valence-corrected chi connectivity index (χ2v) is 4.30. The molecule has 0 aliphatic carbocycles. The van der Waals surface area contributed by atoms with Gasteiger partial charge in [0.05, 0.1) is 11.3 Å². The number of para-hydroxylation sites is 1. The van der Waals surface area contributed by atoms with E-state index in [0.717, 1.165) is 0 Å². The van der Waals surface area contributed by atoms with E-state index in [1.165, 1.54) is 6.07 Å². The zero-order chi connectivity index (χ0) is 12.8. The molecule has 4 heteroatoms. The highest BCUT2D eigenvalue weighted by atomic mass is 19.1. The predicted molar refractivity (Wildman–Crippen MR) is 67.7 cm³/mol. The minimum atomic E-state index is -0.399. The van der Waals surface area contributed by atoms with Gasteiger partial charge in [0.15, 0.2) is 0 Å². The lowest BCUT2D eigenvalue weighted by Gasteiger charge is -2.12. The van der Waals surface area contributed by atoms with Crippen molar-refractivity contribution in [2.75, 3.05) is 18.4 Å². The first kappa shape index (κ1) is 13.5. The van der Waals surface area contributed by atoms with Crippen LogP contribution in [0.25, 0.3) is 0 Å². The molecular weight excluding hydrogens is 219 g/mol. The summed E-state index contributed by atoms with van der Waals surface area (Å²) < 4.78 is 13.6. The van der Waals surface area contributed by atoms with Crippen molar-refractivity contribution in [2.24, 2.45) is 5.92 Å². The Balaban J connectivity index is 2.88. The second-order valence-electron chi connectivity index (χ2n) is 4.30. The lowest BCUT2D eigenvalue weighted by atomic mass is 10.1. The maximum atomic E-state index is 13.6. The summed E-state index contributed by atoms with van der Waals surface area (Å²) in [5.74, 6) is -0.270. The molecule has 0 aliphatic heterocycles. The molecule has 0 unspecified atom stereocenters. The van der Waals surface area contributed by atoms with Gasteiger partial charge in [-0.2, -0.15) is 0 Å². The molecule has 0 heterocycles. The van der Waals surface area contributed by atoms with Crippen LogP contribution in [0, 0.1) is 11.7 Å². The van der Waals surface area contributed by atoms with Crippen molar-refractivity contribution < 1.29 is 9.18 Å². The van der Waals surface area contributed by atoms with Gasteiger partial charge in [0.25, 0.3) is 5.91 Å². The third kappa shape index (κ3) is 3.73. The van der Waals surface area contributed by atoms with E-state index in [4.69, 9.17) is 0 Å². The number of amides is 1. The average Bonchev–Trinajstić information content (AvgIpc) is 2.29. The standard InChI is InChI=1S/C13H19FN2O/c1-4-15-12-10(6-5-7-11(12)14)13(17)16-8-9(2)3/h5-7,9,15H,4,8H2,1-3H3,(H,16,17). The molecule has 2 N–H and O–H groups in total. The van der Waals surface area contributed by atoms with Crippen LogP contribution >= 0.6 is 0 Å². The maximum absolute atomic E-state index is 13.6. The summed E-state index contributed by atoms with van der Waals surface area (Å²) in [4.78, 5) is 11.9. The molecule has 3 nitrogen and oxygen atoms in total. The number of nitrogens with one attached hydrogen (secondary N) is 2. The van der Waals surface area contributed by atoms with Gasteiger partial charge < -0.3 is 10.6 Å². The largest absolute Gasteiger partial charge is 0.382 e. The molecule has 0 fully saturated rings. The van der Waals surface area contributed by atoms with Crippen LogP contribution < -0.4 is 10.6 Å². The molecule has 1 aromatic rings. The van der Waals surface area contributed by atoms with Gasteiger partial charge in [-0.05, 0) is 25.0 Å². The molecule has 0 aliphatic rings. The quantitative estimate of drug-likeness (QED) is 0.828. The lowest BCUT2D eigenvalue weighted by Crippen LogP contribution is -2.28. The summed E-state index contributed by atoms with van der Waals surface area (Å²) >= 11 is 0. The van der Waals surface area contributed by atoms with E-state index >= 15 is 0 Å². The number of benzene rings is 1. The van der Waals surface area contributed by atoms with Crippen LogP contribution in [0.1, 0.15) is 31.1 Å². The van der Waals surface area contributed by atoms with Crippen molar-refractivity contribution in [3.05, 3.63) is 29.6 Å². The fourth-order valence-corrected chi connectivity index (χ4v) is 1.46. The summed E-state index contributed by atoms with van der Waals surface area (Å²) in [7, 11) is 0. The first-order valence-corrected chi connectivity index (χ1v) is 5.86. The van der Waals surface area contributed by atoms with E-state index < -0.39 is 5.82 Å². The summed E-state index contributed by atoms with van der Waals surface area (Å²) in [5, 5.41) is 5.66. The third-order valence-electron chi connectivity index (χ3n) is 2.28. The Morgan fingerprint density at radius 3 is 2.71 bits per heavy atom. The Bertz CT molecular complexity index is 391. The molecule has 0 saturated carbocycles. The van der Waals surface area contributed by atoms with Crippen molar-refractivity contribution >= 4 is 11.6 Å². The van der Waals surface area contributed by atoms with Crippen molar-refractivity contribution in [2.45, 2.75) is 20.8 Å². The Kier molecular flexibility index (Phi) is 4.94. The summed E-state index contributed by atoms with van der Waals surface area (Å²) in [6, 6.07) is 4.51. The molecule has 0 radical (unpaired) electrons. The highest BCUT2D eigenvalue weighted by Crippen LogP contribution is 2.19. The van der Waals surface area contributed by atoms with Gasteiger partial charge in [-0.3, -0.25) is 4.79 Å². The van der Waals surface area contributed by atoms with E-state index in [1.807, 2.05) is 20.8 Å². The summed E-state index contributed by atoms with van der Waals surface area (Å²) in [5.41, 5.74) is 0.628. The zero-order valence-corrected chi connectivity index (χ0v) is 10.5. The van der Waals surface area contributed by atoms with Crippen LogP contribution in [0.3, 0.4) is 0 Å². The fraction of sp³-hybridized carbons (Fsp3) is 0.462. The molecular formula is C13H19FN2O. The van der Waals surface area contributed by atoms with E-state index in [2.05, 4.69) is 10.6 Å². The van der Waals surface area contributed by atoms with E-state index in [1.54, 1.807) is 12.1 Å². The van der Waals surface area contributed by atoms with E-state index in [9.17, 15) is 9.18 Å². The fourth-order valence-electron chi connectivity index (χ4n) is 1.46. The minimum absolute atomic E-state index is 0.242. The number of carbonyl (C=O) groups is 1. The first-order chi connectivity index (χ1) is 8.06. The second kappa shape index (κ2) is 6.23. The van der Waals surface area contributed by atoms with E-state index in [0.29, 0.717) is 24.6 Å². The van der Waals surface area contributed by atoms with Crippen LogP contribution in [0.4, 0.5) is 10.1 Å². The van der Waals surface area contributed by atoms with Gasteiger partial charge in [0.2, 0.25) is 0 Å². The SMILES string of the molecule is CCNc1c(F)cccc1C(=O)NCC(C)C. The number of hydrogen-bond donors (Lipinski definition) is 2. The maximum Gasteiger partial charge on any atom is 0.253 e. The molecule has 1 aromatic carbocycles. The van der Waals surface area contributed by atoms with Gasteiger partial charge in [0.1, 0.15) is 5.82 Å². The van der Waals surface area contributed by atoms with Crippen LogP contribution in [0.5, 0.6) is 0 Å². The molecule has 0 aromatic heterocycles. The normalized spacial score (nSPS) is 10.4. The zero-order valence-electron chi connectivity index (χ0n) is 10.5. The number of anilines is 1. The number of carbonyl (C=O) groups excluding carboxylic acids is 1.